The molecule has 0 aliphatic carbocycles. The van der Waals surface area contributed by atoms with E-state index in [1.54, 1.807) is 17.0 Å². The van der Waals surface area contributed by atoms with E-state index in [0.717, 1.165) is 23.1 Å². The maximum absolute atomic E-state index is 13.2. The van der Waals surface area contributed by atoms with Gasteiger partial charge in [-0.05, 0) is 49.9 Å². The Hall–Kier alpha value is -2.34. The molecule has 1 N–H and O–H groups in total. The van der Waals surface area contributed by atoms with Gasteiger partial charge in [0.25, 0.3) is 0 Å². The number of nitrogens with zero attached hydrogens (tertiary/aromatic N) is 1. The molecule has 0 saturated heterocycles. The van der Waals surface area contributed by atoms with E-state index in [1.165, 1.54) is 23.9 Å². The molecule has 6 heteroatoms. The van der Waals surface area contributed by atoms with Gasteiger partial charge >= 0.3 is 0 Å². The Kier molecular flexibility index (Phi) is 10.0. The van der Waals surface area contributed by atoms with Crippen molar-refractivity contribution in [2.24, 2.45) is 0 Å². The van der Waals surface area contributed by atoms with Gasteiger partial charge in [-0.3, -0.25) is 9.59 Å². The summed E-state index contributed by atoms with van der Waals surface area (Å²) in [6.07, 6.45) is 1.38. The van der Waals surface area contributed by atoms with E-state index >= 15 is 0 Å². The monoisotopic (exact) mass is 444 g/mol. The van der Waals surface area contributed by atoms with E-state index in [9.17, 15) is 14.0 Å². The smallest absolute Gasteiger partial charge is 0.243 e. The van der Waals surface area contributed by atoms with Crippen molar-refractivity contribution in [3.63, 3.8) is 0 Å². The largest absolute Gasteiger partial charge is 0.352 e. The van der Waals surface area contributed by atoms with Crippen molar-refractivity contribution in [1.29, 1.82) is 0 Å². The maximum atomic E-state index is 13.2. The third kappa shape index (κ3) is 8.02. The van der Waals surface area contributed by atoms with Crippen molar-refractivity contribution >= 4 is 23.6 Å². The molecule has 168 valence electrons. The van der Waals surface area contributed by atoms with Crippen LogP contribution < -0.4 is 5.32 Å². The lowest BCUT2D eigenvalue weighted by atomic mass is 10.1. The summed E-state index contributed by atoms with van der Waals surface area (Å²) < 4.78 is 13.1. The predicted molar refractivity (Wildman–Crippen MR) is 126 cm³/mol. The molecule has 0 saturated carbocycles. The third-order valence-electron chi connectivity index (χ3n) is 5.27. The number of carbonyl (C=O) groups is 2. The number of nitrogens with one attached hydrogen (secondary N) is 1. The van der Waals surface area contributed by atoms with Gasteiger partial charge in [0.1, 0.15) is 11.9 Å². The molecule has 0 aliphatic rings. The average molecular weight is 445 g/mol. The number of benzene rings is 2. The van der Waals surface area contributed by atoms with Crippen molar-refractivity contribution < 1.29 is 14.0 Å². The standard InChI is InChI=1S/C25H33FN2O2S/c1-5-19(4)27-25(30)23(6-2)28(15-20-9-7-18(3)8-10-20)24(29)17-31-16-21-11-13-22(26)14-12-21/h7-14,19,23H,5-6,15-17H2,1-4H3,(H,27,30)/t19-,23-/m0/s1. The molecule has 0 aromatic heterocycles. The molecule has 2 atom stereocenters. The zero-order valence-electron chi connectivity index (χ0n) is 18.9. The number of hydrogen-bond acceptors (Lipinski definition) is 3. The molecule has 0 unspecified atom stereocenters. The van der Waals surface area contributed by atoms with Crippen LogP contribution >= 0.6 is 11.8 Å². The highest BCUT2D eigenvalue weighted by Crippen LogP contribution is 2.18. The Morgan fingerprint density at radius 2 is 1.61 bits per heavy atom. The second-order valence-corrected chi connectivity index (χ2v) is 8.85. The van der Waals surface area contributed by atoms with Crippen LogP contribution in [0.25, 0.3) is 0 Å². The molecule has 0 heterocycles. The molecular weight excluding hydrogens is 411 g/mol. The average Bonchev–Trinajstić information content (AvgIpc) is 2.76. The summed E-state index contributed by atoms with van der Waals surface area (Å²) in [6.45, 7) is 8.33. The Labute approximate surface area is 189 Å². The Morgan fingerprint density at radius 3 is 2.19 bits per heavy atom. The van der Waals surface area contributed by atoms with Gasteiger partial charge in [-0.15, -0.1) is 11.8 Å². The van der Waals surface area contributed by atoms with Crippen molar-refractivity contribution in [2.75, 3.05) is 5.75 Å². The molecule has 0 bridgehead atoms. The van der Waals surface area contributed by atoms with Crippen molar-refractivity contribution in [1.82, 2.24) is 10.2 Å². The van der Waals surface area contributed by atoms with Crippen LogP contribution in [-0.2, 0) is 21.9 Å². The number of aryl methyl sites for hydroxylation is 1. The van der Waals surface area contributed by atoms with Crippen molar-refractivity contribution in [3.8, 4) is 0 Å². The first kappa shape index (κ1) is 24.9. The molecule has 0 radical (unpaired) electrons. The highest BCUT2D eigenvalue weighted by molar-refractivity contribution is 7.99. The van der Waals surface area contributed by atoms with Gasteiger partial charge in [0.15, 0.2) is 0 Å². The predicted octanol–water partition coefficient (Wildman–Crippen LogP) is 5.09. The number of carbonyl (C=O) groups excluding carboxylic acids is 2. The second-order valence-electron chi connectivity index (χ2n) is 7.87. The summed E-state index contributed by atoms with van der Waals surface area (Å²) in [6, 6.07) is 13.9. The van der Waals surface area contributed by atoms with Crippen LogP contribution in [-0.4, -0.2) is 34.6 Å². The van der Waals surface area contributed by atoms with Crippen molar-refractivity contribution in [3.05, 3.63) is 71.0 Å². The molecule has 0 spiro atoms. The summed E-state index contributed by atoms with van der Waals surface area (Å²) in [4.78, 5) is 27.8. The highest BCUT2D eigenvalue weighted by atomic mass is 32.2. The number of amides is 2. The summed E-state index contributed by atoms with van der Waals surface area (Å²) in [5.41, 5.74) is 3.11. The fourth-order valence-corrected chi connectivity index (χ4v) is 4.04. The maximum Gasteiger partial charge on any atom is 0.243 e. The van der Waals surface area contributed by atoms with E-state index in [1.807, 2.05) is 52.0 Å². The minimum Gasteiger partial charge on any atom is -0.352 e. The molecule has 31 heavy (non-hydrogen) atoms. The quantitative estimate of drug-likeness (QED) is 0.525. The first-order valence-electron chi connectivity index (χ1n) is 10.8. The third-order valence-corrected chi connectivity index (χ3v) is 6.26. The molecule has 2 aromatic carbocycles. The van der Waals surface area contributed by atoms with E-state index in [-0.39, 0.29) is 29.4 Å². The summed E-state index contributed by atoms with van der Waals surface area (Å²) in [5, 5.41) is 3.02. The molecule has 2 amide bonds. The van der Waals surface area contributed by atoms with Crippen LogP contribution in [0.15, 0.2) is 48.5 Å². The number of hydrogen-bond donors (Lipinski definition) is 1. The first-order valence-corrected chi connectivity index (χ1v) is 12.0. The number of thioether (sulfide) groups is 1. The molecule has 0 fully saturated rings. The summed E-state index contributed by atoms with van der Waals surface area (Å²) in [7, 11) is 0. The lowest BCUT2D eigenvalue weighted by Gasteiger charge is -2.31. The molecular formula is C25H33FN2O2S. The molecule has 0 aliphatic heterocycles. The van der Waals surface area contributed by atoms with Gasteiger partial charge < -0.3 is 10.2 Å². The molecule has 4 nitrogen and oxygen atoms in total. The van der Waals surface area contributed by atoms with E-state index < -0.39 is 6.04 Å². The number of rotatable bonds is 11. The van der Waals surface area contributed by atoms with Crippen LogP contribution in [0.2, 0.25) is 0 Å². The van der Waals surface area contributed by atoms with Crippen LogP contribution in [0.5, 0.6) is 0 Å². The summed E-state index contributed by atoms with van der Waals surface area (Å²) in [5.74, 6) is 0.420. The van der Waals surface area contributed by atoms with Crippen LogP contribution in [0, 0.1) is 12.7 Å². The Bertz CT molecular complexity index is 840. The normalized spacial score (nSPS) is 12.8. The van der Waals surface area contributed by atoms with Gasteiger partial charge in [0.05, 0.1) is 5.75 Å². The molecule has 2 aromatic rings. The second kappa shape index (κ2) is 12.5. The first-order chi connectivity index (χ1) is 14.8. The van der Waals surface area contributed by atoms with Crippen LogP contribution in [0.1, 0.15) is 50.3 Å². The lowest BCUT2D eigenvalue weighted by Crippen LogP contribution is -2.51. The van der Waals surface area contributed by atoms with Crippen LogP contribution in [0.3, 0.4) is 0 Å². The minimum absolute atomic E-state index is 0.0609. The topological polar surface area (TPSA) is 49.4 Å². The highest BCUT2D eigenvalue weighted by Gasteiger charge is 2.29. The van der Waals surface area contributed by atoms with Gasteiger partial charge in [-0.2, -0.15) is 0 Å². The van der Waals surface area contributed by atoms with Crippen LogP contribution in [0.4, 0.5) is 4.39 Å². The molecule has 2 rings (SSSR count). The van der Waals surface area contributed by atoms with E-state index in [2.05, 4.69) is 5.32 Å². The van der Waals surface area contributed by atoms with E-state index in [0.29, 0.717) is 18.7 Å². The SMILES string of the molecule is CC[C@H](C)NC(=O)[C@H](CC)N(Cc1ccc(C)cc1)C(=O)CSCc1ccc(F)cc1. The van der Waals surface area contributed by atoms with E-state index in [4.69, 9.17) is 0 Å². The summed E-state index contributed by atoms with van der Waals surface area (Å²) >= 11 is 1.47. The van der Waals surface area contributed by atoms with Gasteiger partial charge in [-0.25, -0.2) is 4.39 Å². The zero-order chi connectivity index (χ0) is 22.8. The zero-order valence-corrected chi connectivity index (χ0v) is 19.7. The fraction of sp³-hybridized carbons (Fsp3) is 0.440. The minimum atomic E-state index is -0.519. The number of halogens is 1. The fourth-order valence-electron chi connectivity index (χ4n) is 3.17. The van der Waals surface area contributed by atoms with Gasteiger partial charge in [0, 0.05) is 18.3 Å². The van der Waals surface area contributed by atoms with Gasteiger partial charge in [0.2, 0.25) is 11.8 Å². The van der Waals surface area contributed by atoms with Crippen molar-refractivity contribution in [2.45, 2.75) is 64.9 Å². The lowest BCUT2D eigenvalue weighted by molar-refractivity contribution is -0.139. The Balaban J connectivity index is 2.12. The van der Waals surface area contributed by atoms with Gasteiger partial charge in [-0.1, -0.05) is 55.8 Å². The Morgan fingerprint density at radius 1 is 1.00 bits per heavy atom.